The van der Waals surface area contributed by atoms with E-state index in [0.717, 1.165) is 0 Å². The van der Waals surface area contributed by atoms with E-state index in [1.807, 2.05) is 0 Å². The zero-order valence-corrected chi connectivity index (χ0v) is 13.2. The Labute approximate surface area is 120 Å². The highest BCUT2D eigenvalue weighted by atomic mass is 32.2. The fraction of sp³-hybridized carbons (Fsp3) is 0.462. The highest BCUT2D eigenvalue weighted by molar-refractivity contribution is 7.89. The van der Waals surface area contributed by atoms with Gasteiger partial charge < -0.3 is 10.6 Å². The van der Waals surface area contributed by atoms with E-state index in [-0.39, 0.29) is 16.5 Å². The molecule has 0 aromatic heterocycles. The maximum atomic E-state index is 12.4. The Morgan fingerprint density at radius 1 is 1.25 bits per heavy atom. The molecule has 0 heterocycles. The molecule has 1 atom stereocenters. The van der Waals surface area contributed by atoms with Gasteiger partial charge in [-0.15, -0.1) is 0 Å². The summed E-state index contributed by atoms with van der Waals surface area (Å²) in [5, 5.41) is 0. The molecule has 1 rings (SSSR count). The third-order valence-corrected chi connectivity index (χ3v) is 4.77. The van der Waals surface area contributed by atoms with Crippen molar-refractivity contribution in [2.24, 2.45) is 0 Å². The van der Waals surface area contributed by atoms with Crippen LogP contribution in [0.25, 0.3) is 0 Å². The Bertz CT molecular complexity index is 624. The summed E-state index contributed by atoms with van der Waals surface area (Å²) in [4.78, 5) is 13.1. The van der Waals surface area contributed by atoms with Crippen molar-refractivity contribution in [3.05, 3.63) is 23.3 Å². The number of likely N-dealkylation sites (N-methyl/N-ethyl adjacent to an activating group) is 1. The molecule has 112 valence electrons. The van der Waals surface area contributed by atoms with Gasteiger partial charge in [0.05, 0.1) is 11.7 Å². The monoisotopic (exact) mass is 299 g/mol. The number of hydrogen-bond donors (Lipinski definition) is 2. The van der Waals surface area contributed by atoms with Crippen molar-refractivity contribution >= 4 is 21.6 Å². The number of nitrogens with one attached hydrogen (secondary N) is 1. The standard InChI is InChI=1S/C13H21N3O3S/c1-8-6-7-9(2)12(11(8)14)20(18,19)15-10(3)13(17)16(4)5/h6-7,10,15H,14H2,1-5H3. The molecule has 6 nitrogen and oxygen atoms in total. The lowest BCUT2D eigenvalue weighted by atomic mass is 10.1. The van der Waals surface area contributed by atoms with Gasteiger partial charge in [-0.05, 0) is 31.9 Å². The first-order chi connectivity index (χ1) is 9.08. The van der Waals surface area contributed by atoms with Crippen LogP contribution in [-0.2, 0) is 14.8 Å². The SMILES string of the molecule is Cc1ccc(C)c(S(=O)(=O)NC(C)C(=O)N(C)C)c1N. The summed E-state index contributed by atoms with van der Waals surface area (Å²) < 4.78 is 27.2. The van der Waals surface area contributed by atoms with Crippen LogP contribution in [-0.4, -0.2) is 39.4 Å². The smallest absolute Gasteiger partial charge is 0.243 e. The number of carbonyl (C=O) groups excluding carboxylic acids is 1. The van der Waals surface area contributed by atoms with Crippen LogP contribution < -0.4 is 10.5 Å². The zero-order valence-electron chi connectivity index (χ0n) is 12.4. The van der Waals surface area contributed by atoms with E-state index in [1.165, 1.54) is 11.8 Å². The van der Waals surface area contributed by atoms with Gasteiger partial charge in [0.15, 0.2) is 0 Å². The molecule has 1 amide bonds. The van der Waals surface area contributed by atoms with Crippen LogP contribution in [0.5, 0.6) is 0 Å². The van der Waals surface area contributed by atoms with Crippen molar-refractivity contribution in [2.45, 2.75) is 31.7 Å². The Morgan fingerprint density at radius 3 is 2.25 bits per heavy atom. The van der Waals surface area contributed by atoms with Crippen LogP contribution in [0.3, 0.4) is 0 Å². The maximum absolute atomic E-state index is 12.4. The number of anilines is 1. The minimum Gasteiger partial charge on any atom is -0.397 e. The van der Waals surface area contributed by atoms with E-state index in [2.05, 4.69) is 4.72 Å². The number of nitrogen functional groups attached to an aromatic ring is 1. The molecule has 0 bridgehead atoms. The lowest BCUT2D eigenvalue weighted by Gasteiger charge is -2.19. The number of benzene rings is 1. The summed E-state index contributed by atoms with van der Waals surface area (Å²) in [5.74, 6) is -0.322. The number of nitrogens with two attached hydrogens (primary N) is 1. The van der Waals surface area contributed by atoms with Gasteiger partial charge in [0.25, 0.3) is 0 Å². The first-order valence-electron chi connectivity index (χ1n) is 6.17. The van der Waals surface area contributed by atoms with E-state index in [4.69, 9.17) is 5.73 Å². The quantitative estimate of drug-likeness (QED) is 0.798. The fourth-order valence-electron chi connectivity index (χ4n) is 1.89. The van der Waals surface area contributed by atoms with Gasteiger partial charge in [-0.3, -0.25) is 4.79 Å². The second-order valence-electron chi connectivity index (χ2n) is 5.02. The molecule has 0 saturated heterocycles. The molecule has 3 N–H and O–H groups in total. The van der Waals surface area contributed by atoms with Gasteiger partial charge in [-0.1, -0.05) is 12.1 Å². The minimum atomic E-state index is -3.84. The Kier molecular flexibility index (Phi) is 4.77. The number of hydrogen-bond acceptors (Lipinski definition) is 4. The number of aryl methyl sites for hydroxylation is 2. The van der Waals surface area contributed by atoms with E-state index in [0.29, 0.717) is 11.1 Å². The highest BCUT2D eigenvalue weighted by Crippen LogP contribution is 2.25. The highest BCUT2D eigenvalue weighted by Gasteiger charge is 2.26. The zero-order chi connectivity index (χ0) is 15.7. The van der Waals surface area contributed by atoms with E-state index in [1.54, 1.807) is 40.1 Å². The van der Waals surface area contributed by atoms with Gasteiger partial charge >= 0.3 is 0 Å². The molecule has 0 aliphatic carbocycles. The molecule has 0 saturated carbocycles. The van der Waals surface area contributed by atoms with Crippen LogP contribution in [0.2, 0.25) is 0 Å². The summed E-state index contributed by atoms with van der Waals surface area (Å²) in [6.45, 7) is 4.91. The molecule has 0 radical (unpaired) electrons. The van der Waals surface area contributed by atoms with Crippen molar-refractivity contribution in [1.82, 2.24) is 9.62 Å². The van der Waals surface area contributed by atoms with E-state index < -0.39 is 16.1 Å². The van der Waals surface area contributed by atoms with Crippen LogP contribution in [0.4, 0.5) is 5.69 Å². The van der Waals surface area contributed by atoms with E-state index in [9.17, 15) is 13.2 Å². The molecule has 1 unspecified atom stereocenters. The summed E-state index contributed by atoms with van der Waals surface area (Å²) in [6.07, 6.45) is 0. The lowest BCUT2D eigenvalue weighted by Crippen LogP contribution is -2.44. The average molecular weight is 299 g/mol. The second kappa shape index (κ2) is 5.80. The Morgan fingerprint density at radius 2 is 1.75 bits per heavy atom. The van der Waals surface area contributed by atoms with Crippen LogP contribution in [0.1, 0.15) is 18.1 Å². The normalized spacial score (nSPS) is 13.1. The predicted octanol–water partition coefficient (Wildman–Crippen LogP) is 0.641. The third-order valence-electron chi connectivity index (χ3n) is 3.02. The number of amides is 1. The molecular weight excluding hydrogens is 278 g/mol. The minimum absolute atomic E-state index is 0.0379. The van der Waals surface area contributed by atoms with Gasteiger partial charge in [0.2, 0.25) is 15.9 Å². The maximum Gasteiger partial charge on any atom is 0.243 e. The third kappa shape index (κ3) is 3.29. The van der Waals surface area contributed by atoms with Crippen molar-refractivity contribution in [3.8, 4) is 0 Å². The summed E-state index contributed by atoms with van der Waals surface area (Å²) >= 11 is 0. The van der Waals surface area contributed by atoms with Gasteiger partial charge in [0.1, 0.15) is 4.90 Å². The number of rotatable bonds is 4. The van der Waals surface area contributed by atoms with Crippen LogP contribution in [0, 0.1) is 13.8 Å². The second-order valence-corrected chi connectivity index (χ2v) is 6.67. The molecule has 0 spiro atoms. The number of carbonyl (C=O) groups is 1. The molecule has 7 heteroatoms. The molecule has 0 aliphatic rings. The fourth-order valence-corrected chi connectivity index (χ4v) is 3.52. The first kappa shape index (κ1) is 16.5. The number of nitrogens with zero attached hydrogens (tertiary/aromatic N) is 1. The molecule has 0 fully saturated rings. The van der Waals surface area contributed by atoms with Gasteiger partial charge in [-0.25, -0.2) is 8.42 Å². The molecule has 0 aliphatic heterocycles. The molecule has 1 aromatic rings. The van der Waals surface area contributed by atoms with Crippen molar-refractivity contribution < 1.29 is 13.2 Å². The largest absolute Gasteiger partial charge is 0.397 e. The lowest BCUT2D eigenvalue weighted by molar-refractivity contribution is -0.130. The topological polar surface area (TPSA) is 92.5 Å². The Balaban J connectivity index is 3.19. The van der Waals surface area contributed by atoms with Crippen LogP contribution >= 0.6 is 0 Å². The number of sulfonamides is 1. The van der Waals surface area contributed by atoms with Crippen LogP contribution in [0.15, 0.2) is 17.0 Å². The molecular formula is C13H21N3O3S. The predicted molar refractivity (Wildman–Crippen MR) is 78.8 cm³/mol. The summed E-state index contributed by atoms with van der Waals surface area (Å²) in [6, 6.07) is 2.60. The van der Waals surface area contributed by atoms with Crippen molar-refractivity contribution in [1.29, 1.82) is 0 Å². The van der Waals surface area contributed by atoms with Gasteiger partial charge in [0, 0.05) is 14.1 Å². The summed E-state index contributed by atoms with van der Waals surface area (Å²) in [7, 11) is -0.707. The first-order valence-corrected chi connectivity index (χ1v) is 7.65. The van der Waals surface area contributed by atoms with E-state index >= 15 is 0 Å². The van der Waals surface area contributed by atoms with Crippen molar-refractivity contribution in [2.75, 3.05) is 19.8 Å². The molecule has 20 heavy (non-hydrogen) atoms. The average Bonchev–Trinajstić information content (AvgIpc) is 2.32. The Hall–Kier alpha value is -1.60. The summed E-state index contributed by atoms with van der Waals surface area (Å²) in [5.41, 5.74) is 7.31. The van der Waals surface area contributed by atoms with Crippen molar-refractivity contribution in [3.63, 3.8) is 0 Å². The molecule has 1 aromatic carbocycles. The van der Waals surface area contributed by atoms with Gasteiger partial charge in [-0.2, -0.15) is 4.72 Å².